The Morgan fingerprint density at radius 2 is 1.83 bits per heavy atom. The first-order valence-corrected chi connectivity index (χ1v) is 10.4. The molecule has 2 N–H and O–H groups in total. The summed E-state index contributed by atoms with van der Waals surface area (Å²) in [6, 6.07) is 10.8. The molecule has 29 heavy (non-hydrogen) atoms. The minimum atomic E-state index is -0.936. The van der Waals surface area contributed by atoms with Crippen LogP contribution < -0.4 is 11.3 Å². The van der Waals surface area contributed by atoms with E-state index in [2.05, 4.69) is 0 Å². The molecule has 2 fully saturated rings. The van der Waals surface area contributed by atoms with Crippen molar-refractivity contribution in [3.63, 3.8) is 0 Å². The molecule has 0 bridgehead atoms. The number of nitrogens with two attached hydrogens (primary N) is 1. The second-order valence-corrected chi connectivity index (χ2v) is 8.47. The molecule has 1 saturated heterocycles. The van der Waals surface area contributed by atoms with Crippen molar-refractivity contribution in [2.75, 3.05) is 13.1 Å². The summed E-state index contributed by atoms with van der Waals surface area (Å²) in [4.78, 5) is 26.1. The third kappa shape index (κ3) is 4.42. The Kier molecular flexibility index (Phi) is 5.54. The van der Waals surface area contributed by atoms with Crippen molar-refractivity contribution < 1.29 is 9.18 Å². The number of alkyl halides is 1. The molecule has 2 heterocycles. The monoisotopic (exact) mass is 397 g/mol. The number of hydrogen-bond acceptors (Lipinski definition) is 3. The van der Waals surface area contributed by atoms with Gasteiger partial charge in [-0.05, 0) is 41.5 Å². The fourth-order valence-corrected chi connectivity index (χ4v) is 4.19. The lowest BCUT2D eigenvalue weighted by molar-refractivity contribution is -0.132. The summed E-state index contributed by atoms with van der Waals surface area (Å²) in [5.74, 6) is 0.412. The van der Waals surface area contributed by atoms with Crippen LogP contribution in [0, 0.1) is 5.92 Å². The van der Waals surface area contributed by atoms with E-state index in [1.807, 2.05) is 36.5 Å². The van der Waals surface area contributed by atoms with E-state index in [1.54, 1.807) is 22.6 Å². The molecule has 1 aromatic heterocycles. The summed E-state index contributed by atoms with van der Waals surface area (Å²) >= 11 is 0. The smallest absolute Gasteiger partial charge is 0.250 e. The van der Waals surface area contributed by atoms with Gasteiger partial charge in [0.25, 0.3) is 0 Å². The van der Waals surface area contributed by atoms with Gasteiger partial charge in [-0.25, -0.2) is 4.39 Å². The van der Waals surface area contributed by atoms with E-state index < -0.39 is 12.2 Å². The molecule has 1 aliphatic carbocycles. The molecule has 1 unspecified atom stereocenters. The van der Waals surface area contributed by atoms with Gasteiger partial charge in [-0.3, -0.25) is 9.59 Å². The van der Waals surface area contributed by atoms with Crippen molar-refractivity contribution in [2.24, 2.45) is 18.7 Å². The number of carbonyl (C=O) groups is 1. The summed E-state index contributed by atoms with van der Waals surface area (Å²) in [6.07, 6.45) is 4.54. The summed E-state index contributed by atoms with van der Waals surface area (Å²) in [5, 5.41) is 0. The second kappa shape index (κ2) is 8.11. The lowest BCUT2D eigenvalue weighted by atomic mass is 9.85. The maximum absolute atomic E-state index is 13.5. The largest absolute Gasteiger partial charge is 0.338 e. The number of likely N-dealkylation sites (tertiary alicyclic amines) is 1. The Morgan fingerprint density at radius 1 is 1.14 bits per heavy atom. The zero-order valence-corrected chi connectivity index (χ0v) is 16.8. The predicted molar refractivity (Wildman–Crippen MR) is 111 cm³/mol. The van der Waals surface area contributed by atoms with Crippen LogP contribution in [-0.4, -0.2) is 40.7 Å². The van der Waals surface area contributed by atoms with Gasteiger partial charge in [0.05, 0.1) is 12.6 Å². The van der Waals surface area contributed by atoms with Crippen LogP contribution >= 0.6 is 0 Å². The molecule has 5 nitrogen and oxygen atoms in total. The molecule has 6 heteroatoms. The van der Waals surface area contributed by atoms with Crippen molar-refractivity contribution >= 4 is 5.91 Å². The lowest BCUT2D eigenvalue weighted by Gasteiger charge is -2.27. The molecule has 4 rings (SSSR count). The van der Waals surface area contributed by atoms with Gasteiger partial charge in [-0.2, -0.15) is 0 Å². The standard InChI is InChI=1S/C23H28FN3O2/c1-26-13-18(8-9-21(26)28)16-4-6-17(7-5-16)20(12-15-2-3-15)22(25)23(29)27-11-10-19(24)14-27/h4-9,13,15,19-20,22H,2-3,10-12,14,25H2,1H3/t19-,20-,22?/m0/s1. The first-order valence-electron chi connectivity index (χ1n) is 10.4. The van der Waals surface area contributed by atoms with Crippen molar-refractivity contribution in [3.05, 3.63) is 58.5 Å². The highest BCUT2D eigenvalue weighted by Gasteiger charge is 2.36. The van der Waals surface area contributed by atoms with Gasteiger partial charge >= 0.3 is 0 Å². The molecule has 1 saturated carbocycles. The highest BCUT2D eigenvalue weighted by molar-refractivity contribution is 5.83. The fraction of sp³-hybridized carbons (Fsp3) is 0.478. The number of amides is 1. The van der Waals surface area contributed by atoms with E-state index in [4.69, 9.17) is 5.73 Å². The molecule has 2 aliphatic rings. The van der Waals surface area contributed by atoms with E-state index in [1.165, 1.54) is 12.8 Å². The van der Waals surface area contributed by atoms with E-state index in [-0.39, 0.29) is 23.9 Å². The molecule has 2 aromatic rings. The average molecular weight is 397 g/mol. The fourth-order valence-electron chi connectivity index (χ4n) is 4.19. The molecule has 0 radical (unpaired) electrons. The van der Waals surface area contributed by atoms with Crippen molar-refractivity contribution in [3.8, 4) is 11.1 Å². The first kappa shape index (κ1) is 19.8. The minimum absolute atomic E-state index is 0.0446. The van der Waals surface area contributed by atoms with Gasteiger partial charge in [0.1, 0.15) is 6.17 Å². The van der Waals surface area contributed by atoms with Crippen LogP contribution in [-0.2, 0) is 11.8 Å². The number of aryl methyl sites for hydroxylation is 1. The van der Waals surface area contributed by atoms with Crippen molar-refractivity contribution in [1.29, 1.82) is 0 Å². The second-order valence-electron chi connectivity index (χ2n) is 8.47. The Morgan fingerprint density at radius 3 is 2.41 bits per heavy atom. The molecule has 3 atom stereocenters. The predicted octanol–water partition coefficient (Wildman–Crippen LogP) is 2.83. The van der Waals surface area contributed by atoms with Crippen LogP contribution in [0.15, 0.2) is 47.4 Å². The SMILES string of the molecule is Cn1cc(-c2ccc([C@H](CC3CC3)C(N)C(=O)N3CC[C@H](F)C3)cc2)ccc1=O. The van der Waals surface area contributed by atoms with Crippen molar-refractivity contribution in [1.82, 2.24) is 9.47 Å². The van der Waals surface area contributed by atoms with Gasteiger partial charge in [0.15, 0.2) is 0 Å². The average Bonchev–Trinajstić information content (AvgIpc) is 3.45. The highest BCUT2D eigenvalue weighted by atomic mass is 19.1. The normalized spacial score (nSPS) is 21.2. The lowest BCUT2D eigenvalue weighted by Crippen LogP contribution is -2.46. The number of benzene rings is 1. The third-order valence-corrected chi connectivity index (χ3v) is 6.20. The van der Waals surface area contributed by atoms with Gasteiger partial charge in [-0.1, -0.05) is 37.1 Å². The molecule has 0 spiro atoms. The number of pyridine rings is 1. The number of halogens is 1. The maximum Gasteiger partial charge on any atom is 0.250 e. The quantitative estimate of drug-likeness (QED) is 0.815. The zero-order valence-electron chi connectivity index (χ0n) is 16.8. The van der Waals surface area contributed by atoms with Crippen molar-refractivity contribution in [2.45, 2.75) is 43.8 Å². The van der Waals surface area contributed by atoms with Crippen LogP contribution in [0.3, 0.4) is 0 Å². The Labute approximate surface area is 170 Å². The minimum Gasteiger partial charge on any atom is -0.338 e. The number of carbonyl (C=O) groups excluding carboxylic acids is 1. The topological polar surface area (TPSA) is 68.3 Å². The Bertz CT molecular complexity index is 936. The molecule has 1 aliphatic heterocycles. The van der Waals surface area contributed by atoms with E-state index in [0.717, 1.165) is 23.1 Å². The van der Waals surface area contributed by atoms with Crippen LogP contribution in [0.25, 0.3) is 11.1 Å². The van der Waals surface area contributed by atoms with Gasteiger partial charge in [0, 0.05) is 31.8 Å². The van der Waals surface area contributed by atoms with Crippen LogP contribution in [0.5, 0.6) is 0 Å². The molecule has 154 valence electrons. The molecular formula is C23H28FN3O2. The number of aromatic nitrogens is 1. The summed E-state index contributed by atoms with van der Waals surface area (Å²) in [6.45, 7) is 0.615. The number of hydrogen-bond donors (Lipinski definition) is 1. The zero-order chi connectivity index (χ0) is 20.5. The maximum atomic E-state index is 13.5. The molecule has 1 amide bonds. The van der Waals surface area contributed by atoms with Gasteiger partial charge in [0.2, 0.25) is 11.5 Å². The Hall–Kier alpha value is -2.47. The number of nitrogens with zero attached hydrogens (tertiary/aromatic N) is 2. The third-order valence-electron chi connectivity index (χ3n) is 6.20. The first-order chi connectivity index (χ1) is 13.9. The van der Waals surface area contributed by atoms with Crippen LogP contribution in [0.2, 0.25) is 0 Å². The van der Waals surface area contributed by atoms with Crippen LogP contribution in [0.1, 0.15) is 37.2 Å². The van der Waals surface area contributed by atoms with E-state index >= 15 is 0 Å². The summed E-state index contributed by atoms with van der Waals surface area (Å²) < 4.78 is 15.1. The highest BCUT2D eigenvalue weighted by Crippen LogP contribution is 2.40. The Balaban J connectivity index is 1.55. The van der Waals surface area contributed by atoms with Gasteiger partial charge < -0.3 is 15.2 Å². The summed E-state index contributed by atoms with van der Waals surface area (Å²) in [5.41, 5.74) is 9.40. The van der Waals surface area contributed by atoms with E-state index in [0.29, 0.717) is 18.9 Å². The number of rotatable bonds is 6. The summed E-state index contributed by atoms with van der Waals surface area (Å²) in [7, 11) is 1.73. The van der Waals surface area contributed by atoms with E-state index in [9.17, 15) is 14.0 Å². The molecular weight excluding hydrogens is 369 g/mol. The molecule has 1 aromatic carbocycles. The van der Waals surface area contributed by atoms with Crippen LogP contribution in [0.4, 0.5) is 4.39 Å². The van der Waals surface area contributed by atoms with Gasteiger partial charge in [-0.15, -0.1) is 0 Å².